The molecule has 0 amide bonds. The van der Waals surface area contributed by atoms with Crippen molar-refractivity contribution in [2.24, 2.45) is 5.73 Å². The molecule has 80 valence electrons. The molecule has 0 fully saturated rings. The number of carbonyl (C=O) groups is 1. The van der Waals surface area contributed by atoms with E-state index in [-0.39, 0.29) is 0 Å². The molecule has 0 radical (unpaired) electrons. The van der Waals surface area contributed by atoms with E-state index < -0.39 is 22.4 Å². The molecule has 0 saturated carbocycles. The van der Waals surface area contributed by atoms with Gasteiger partial charge in [-0.05, 0) is 12.2 Å². The molecule has 0 aliphatic carbocycles. The maximum Gasteiger partial charge on any atom is 0.394 e. The Hall–Kier alpha value is -0.350. The van der Waals surface area contributed by atoms with Crippen LogP contribution in [0.3, 0.4) is 0 Å². The van der Waals surface area contributed by atoms with Gasteiger partial charge in [0.05, 0.1) is 0 Å². The van der Waals surface area contributed by atoms with E-state index in [0.717, 1.165) is 0 Å². The first-order valence-corrected chi connectivity index (χ1v) is 5.00. The van der Waals surface area contributed by atoms with Crippen LogP contribution in [0.25, 0.3) is 0 Å². The summed E-state index contributed by atoms with van der Waals surface area (Å²) in [5.74, 6) is -0.438. The molecular formula is C4H11NO6S2. The second kappa shape index (κ2) is 7.09. The largest absolute Gasteiger partial charge is 0.480 e. The zero-order valence-electron chi connectivity index (χ0n) is 6.49. The molecule has 13 heavy (non-hydrogen) atoms. The van der Waals surface area contributed by atoms with Crippen molar-refractivity contribution in [1.82, 2.24) is 0 Å². The molecule has 0 aliphatic heterocycles. The van der Waals surface area contributed by atoms with Crippen LogP contribution in [-0.2, 0) is 15.2 Å². The maximum atomic E-state index is 9.93. The van der Waals surface area contributed by atoms with Crippen molar-refractivity contribution in [1.29, 1.82) is 0 Å². The smallest absolute Gasteiger partial charge is 0.394 e. The summed E-state index contributed by atoms with van der Waals surface area (Å²) < 4.78 is 31.6. The third kappa shape index (κ3) is 24.5. The van der Waals surface area contributed by atoms with Crippen LogP contribution < -0.4 is 5.73 Å². The number of nitrogens with two attached hydrogens (primary N) is 1. The molecule has 0 rings (SSSR count). The van der Waals surface area contributed by atoms with Gasteiger partial charge in [0.1, 0.15) is 6.04 Å². The first-order valence-electron chi connectivity index (χ1n) is 2.97. The number of hydrogen-bond acceptors (Lipinski definition) is 5. The van der Waals surface area contributed by atoms with Gasteiger partial charge in [-0.2, -0.15) is 21.0 Å². The molecule has 0 aromatic carbocycles. The van der Waals surface area contributed by atoms with Gasteiger partial charge in [-0.25, -0.2) is 0 Å². The van der Waals surface area contributed by atoms with Crippen molar-refractivity contribution < 1.29 is 27.4 Å². The van der Waals surface area contributed by atoms with Crippen LogP contribution >= 0.6 is 12.6 Å². The Morgan fingerprint density at radius 1 is 1.46 bits per heavy atom. The third-order valence-electron chi connectivity index (χ3n) is 0.757. The van der Waals surface area contributed by atoms with Crippen LogP contribution in [0.4, 0.5) is 0 Å². The molecule has 7 nitrogen and oxygen atoms in total. The van der Waals surface area contributed by atoms with Gasteiger partial charge in [0.25, 0.3) is 0 Å². The van der Waals surface area contributed by atoms with Crippen molar-refractivity contribution in [3.8, 4) is 0 Å². The Bertz CT molecular complexity index is 229. The molecular weight excluding hydrogens is 222 g/mol. The quantitative estimate of drug-likeness (QED) is 0.313. The first-order chi connectivity index (χ1) is 5.68. The van der Waals surface area contributed by atoms with Gasteiger partial charge in [-0.1, -0.05) is 0 Å². The molecule has 0 unspecified atom stereocenters. The van der Waals surface area contributed by atoms with Crippen molar-refractivity contribution in [2.45, 2.75) is 12.5 Å². The van der Waals surface area contributed by atoms with E-state index in [4.69, 9.17) is 28.4 Å². The van der Waals surface area contributed by atoms with Crippen LogP contribution in [-0.4, -0.2) is 40.4 Å². The third-order valence-corrected chi connectivity index (χ3v) is 1.02. The molecule has 0 aromatic heterocycles. The summed E-state index contributed by atoms with van der Waals surface area (Å²) in [6, 6.07) is -0.743. The van der Waals surface area contributed by atoms with Crippen molar-refractivity contribution in [3.63, 3.8) is 0 Å². The average molecular weight is 233 g/mol. The van der Waals surface area contributed by atoms with Crippen LogP contribution in [0.5, 0.6) is 0 Å². The second-order valence-corrected chi connectivity index (χ2v) is 3.25. The van der Waals surface area contributed by atoms with E-state index >= 15 is 0 Å². The van der Waals surface area contributed by atoms with Gasteiger partial charge >= 0.3 is 16.4 Å². The monoisotopic (exact) mass is 233 g/mol. The SMILES string of the molecule is N[C@@H](CCS)C(=O)O.O=S(=O)(O)O. The molecule has 0 spiro atoms. The van der Waals surface area contributed by atoms with Gasteiger partial charge in [-0.3, -0.25) is 13.9 Å². The predicted octanol–water partition coefficient (Wildman–Crippen LogP) is -0.935. The van der Waals surface area contributed by atoms with Crippen LogP contribution in [0, 0.1) is 0 Å². The summed E-state index contributed by atoms with van der Waals surface area (Å²) >= 11 is 3.81. The highest BCUT2D eigenvalue weighted by Crippen LogP contribution is 1.88. The normalized spacial score (nSPS) is 12.6. The molecule has 0 saturated heterocycles. The van der Waals surface area contributed by atoms with E-state index in [1.165, 1.54) is 0 Å². The molecule has 0 heterocycles. The van der Waals surface area contributed by atoms with Crippen LogP contribution in [0.1, 0.15) is 6.42 Å². The fourth-order valence-corrected chi connectivity index (χ4v) is 0.541. The Labute approximate surface area is 80.9 Å². The van der Waals surface area contributed by atoms with Crippen molar-refractivity contribution in [3.05, 3.63) is 0 Å². The highest BCUT2D eigenvalue weighted by atomic mass is 32.3. The lowest BCUT2D eigenvalue weighted by Gasteiger charge is -2.00. The lowest BCUT2D eigenvalue weighted by Crippen LogP contribution is -2.30. The minimum Gasteiger partial charge on any atom is -0.480 e. The second-order valence-electron chi connectivity index (χ2n) is 1.90. The summed E-state index contributed by atoms with van der Waals surface area (Å²) in [5.41, 5.74) is 5.08. The number of carboxylic acids is 1. The van der Waals surface area contributed by atoms with E-state index in [9.17, 15) is 4.79 Å². The molecule has 9 heteroatoms. The molecule has 0 aliphatic rings. The zero-order chi connectivity index (χ0) is 11.1. The van der Waals surface area contributed by atoms with Gasteiger partial charge in [-0.15, -0.1) is 0 Å². The minimum atomic E-state index is -4.67. The average Bonchev–Trinajstić information content (AvgIpc) is 1.84. The molecule has 1 atom stereocenters. The number of rotatable bonds is 3. The zero-order valence-corrected chi connectivity index (χ0v) is 8.20. The van der Waals surface area contributed by atoms with Gasteiger partial charge in [0, 0.05) is 0 Å². The van der Waals surface area contributed by atoms with E-state index in [2.05, 4.69) is 12.6 Å². The first kappa shape index (κ1) is 15.1. The maximum absolute atomic E-state index is 9.93. The lowest BCUT2D eigenvalue weighted by molar-refractivity contribution is -0.138. The topological polar surface area (TPSA) is 138 Å². The van der Waals surface area contributed by atoms with E-state index in [1.807, 2.05) is 0 Å². The standard InChI is InChI=1S/C4H9NO2S.H2O4S/c5-3(1-2-8)4(6)7;1-5(2,3)4/h3,8H,1-2,5H2,(H,6,7);(H2,1,2,3,4)/t3-;/m0./s1. The molecule has 5 N–H and O–H groups in total. The van der Waals surface area contributed by atoms with Crippen molar-refractivity contribution >= 4 is 29.0 Å². The Morgan fingerprint density at radius 2 is 1.77 bits per heavy atom. The Balaban J connectivity index is 0. The fourth-order valence-electron chi connectivity index (χ4n) is 0.263. The highest BCUT2D eigenvalue weighted by molar-refractivity contribution is 7.80. The summed E-state index contributed by atoms with van der Waals surface area (Å²) in [5, 5.41) is 8.15. The summed E-state index contributed by atoms with van der Waals surface area (Å²) in [6.45, 7) is 0. The number of aliphatic carboxylic acids is 1. The Morgan fingerprint density at radius 3 is 1.85 bits per heavy atom. The number of carboxylic acid groups (broad SMARTS) is 1. The highest BCUT2D eigenvalue weighted by Gasteiger charge is 2.08. The van der Waals surface area contributed by atoms with E-state index in [1.54, 1.807) is 0 Å². The molecule has 0 aromatic rings. The van der Waals surface area contributed by atoms with E-state index in [0.29, 0.717) is 12.2 Å². The Kier molecular flexibility index (Phi) is 8.26. The summed E-state index contributed by atoms with van der Waals surface area (Å²) in [6.07, 6.45) is 0.429. The summed E-state index contributed by atoms with van der Waals surface area (Å²) in [4.78, 5) is 9.93. The molecule has 0 bridgehead atoms. The van der Waals surface area contributed by atoms with Gasteiger partial charge in [0.15, 0.2) is 0 Å². The lowest BCUT2D eigenvalue weighted by atomic mass is 10.2. The predicted molar refractivity (Wildman–Crippen MR) is 48.3 cm³/mol. The van der Waals surface area contributed by atoms with Crippen LogP contribution in [0.15, 0.2) is 0 Å². The fraction of sp³-hybridized carbons (Fsp3) is 0.750. The minimum absolute atomic E-state index is 0.429. The number of hydrogen-bond donors (Lipinski definition) is 5. The van der Waals surface area contributed by atoms with Crippen LogP contribution in [0.2, 0.25) is 0 Å². The number of thiol groups is 1. The van der Waals surface area contributed by atoms with Crippen molar-refractivity contribution in [2.75, 3.05) is 5.75 Å². The van der Waals surface area contributed by atoms with Gasteiger partial charge in [0.2, 0.25) is 0 Å². The van der Waals surface area contributed by atoms with Gasteiger partial charge < -0.3 is 10.8 Å². The summed E-state index contributed by atoms with van der Waals surface area (Å²) in [7, 11) is -4.67.